The van der Waals surface area contributed by atoms with Crippen molar-refractivity contribution >= 4 is 29.1 Å². The molecule has 0 unspecified atom stereocenters. The molecular formula is C13H17NO2S. The van der Waals surface area contributed by atoms with E-state index in [4.69, 9.17) is 0 Å². The van der Waals surface area contributed by atoms with Crippen LogP contribution >= 0.6 is 11.8 Å². The van der Waals surface area contributed by atoms with Crippen LogP contribution in [0.2, 0.25) is 0 Å². The maximum Gasteiger partial charge on any atom is 0.227 e. The van der Waals surface area contributed by atoms with Gasteiger partial charge in [0.05, 0.1) is 0 Å². The SMILES string of the molecule is CSc1ccc(N(C)C(=O)CCC(C)=O)cc1. The predicted molar refractivity (Wildman–Crippen MR) is 71.5 cm³/mol. The van der Waals surface area contributed by atoms with Crippen LogP contribution in [-0.2, 0) is 9.59 Å². The third-order valence-corrected chi connectivity index (χ3v) is 3.27. The fourth-order valence-electron chi connectivity index (χ4n) is 1.40. The number of Topliss-reactive ketones (excluding diaryl/α,β-unsaturated/α-hetero) is 1. The second kappa shape index (κ2) is 6.45. The molecule has 0 saturated carbocycles. The summed E-state index contributed by atoms with van der Waals surface area (Å²) in [5, 5.41) is 0. The summed E-state index contributed by atoms with van der Waals surface area (Å²) in [5.74, 6) is 0.0154. The molecule has 1 aromatic carbocycles. The molecule has 0 bridgehead atoms. The number of carbonyl (C=O) groups is 2. The first-order valence-electron chi connectivity index (χ1n) is 5.44. The van der Waals surface area contributed by atoms with Crippen molar-refractivity contribution in [2.45, 2.75) is 24.7 Å². The van der Waals surface area contributed by atoms with Crippen LogP contribution in [0.15, 0.2) is 29.2 Å². The van der Waals surface area contributed by atoms with Crippen LogP contribution in [0.4, 0.5) is 5.69 Å². The topological polar surface area (TPSA) is 37.4 Å². The van der Waals surface area contributed by atoms with Gasteiger partial charge in [0.2, 0.25) is 5.91 Å². The van der Waals surface area contributed by atoms with E-state index in [1.54, 1.807) is 23.7 Å². The molecule has 0 heterocycles. The third kappa shape index (κ3) is 4.23. The molecule has 0 spiro atoms. The molecule has 92 valence electrons. The normalized spacial score (nSPS) is 10.1. The second-order valence-corrected chi connectivity index (χ2v) is 4.73. The van der Waals surface area contributed by atoms with Crippen molar-refractivity contribution in [1.82, 2.24) is 0 Å². The summed E-state index contributed by atoms with van der Waals surface area (Å²) in [6.07, 6.45) is 2.60. The quantitative estimate of drug-likeness (QED) is 0.755. The number of anilines is 1. The number of ketones is 1. The van der Waals surface area contributed by atoms with E-state index >= 15 is 0 Å². The predicted octanol–water partition coefficient (Wildman–Crippen LogP) is 2.74. The lowest BCUT2D eigenvalue weighted by atomic mass is 10.2. The smallest absolute Gasteiger partial charge is 0.227 e. The molecule has 1 aromatic rings. The number of thioether (sulfide) groups is 1. The number of amides is 1. The molecule has 1 amide bonds. The van der Waals surface area contributed by atoms with Crippen LogP contribution in [0, 0.1) is 0 Å². The Morgan fingerprint density at radius 3 is 2.24 bits per heavy atom. The monoisotopic (exact) mass is 251 g/mol. The highest BCUT2D eigenvalue weighted by molar-refractivity contribution is 7.98. The Bertz CT molecular complexity index is 400. The summed E-state index contributed by atoms with van der Waals surface area (Å²) in [7, 11) is 1.73. The standard InChI is InChI=1S/C13H17NO2S/c1-10(15)4-9-13(16)14(2)11-5-7-12(17-3)8-6-11/h5-8H,4,9H2,1-3H3. The van der Waals surface area contributed by atoms with Gasteiger partial charge >= 0.3 is 0 Å². The van der Waals surface area contributed by atoms with E-state index in [9.17, 15) is 9.59 Å². The lowest BCUT2D eigenvalue weighted by Gasteiger charge is -2.17. The highest BCUT2D eigenvalue weighted by Gasteiger charge is 2.11. The molecular weight excluding hydrogens is 234 g/mol. The van der Waals surface area contributed by atoms with Gasteiger partial charge in [-0.2, -0.15) is 0 Å². The van der Waals surface area contributed by atoms with Crippen LogP contribution in [0.1, 0.15) is 19.8 Å². The summed E-state index contributed by atoms with van der Waals surface area (Å²) in [4.78, 5) is 25.3. The van der Waals surface area contributed by atoms with Crippen LogP contribution in [0.3, 0.4) is 0 Å². The third-order valence-electron chi connectivity index (χ3n) is 2.52. The molecule has 0 radical (unpaired) electrons. The molecule has 0 aliphatic carbocycles. The maximum absolute atomic E-state index is 11.8. The molecule has 0 N–H and O–H groups in total. The van der Waals surface area contributed by atoms with Crippen molar-refractivity contribution < 1.29 is 9.59 Å². The van der Waals surface area contributed by atoms with E-state index < -0.39 is 0 Å². The highest BCUT2D eigenvalue weighted by Crippen LogP contribution is 2.20. The van der Waals surface area contributed by atoms with E-state index in [2.05, 4.69) is 0 Å². The van der Waals surface area contributed by atoms with Gasteiger partial charge in [0.25, 0.3) is 0 Å². The maximum atomic E-state index is 11.8. The Morgan fingerprint density at radius 2 is 1.76 bits per heavy atom. The lowest BCUT2D eigenvalue weighted by molar-refractivity contribution is -0.122. The first-order chi connectivity index (χ1) is 8.04. The van der Waals surface area contributed by atoms with Crippen LogP contribution in [-0.4, -0.2) is 25.0 Å². The number of carbonyl (C=O) groups excluding carboxylic acids is 2. The van der Waals surface area contributed by atoms with Crippen molar-refractivity contribution in [3.8, 4) is 0 Å². The number of benzene rings is 1. The van der Waals surface area contributed by atoms with E-state index in [0.29, 0.717) is 6.42 Å². The largest absolute Gasteiger partial charge is 0.315 e. The van der Waals surface area contributed by atoms with Gasteiger partial charge in [-0.05, 0) is 37.4 Å². The van der Waals surface area contributed by atoms with Crippen molar-refractivity contribution in [1.29, 1.82) is 0 Å². The van der Waals surface area contributed by atoms with Crippen LogP contribution < -0.4 is 4.90 Å². The molecule has 17 heavy (non-hydrogen) atoms. The molecule has 0 aliphatic rings. The number of hydrogen-bond acceptors (Lipinski definition) is 3. The Balaban J connectivity index is 2.64. The van der Waals surface area contributed by atoms with Gasteiger partial charge in [0, 0.05) is 30.5 Å². The molecule has 0 aliphatic heterocycles. The Hall–Kier alpha value is -1.29. The average Bonchev–Trinajstić information content (AvgIpc) is 2.35. The molecule has 1 rings (SSSR count). The van der Waals surface area contributed by atoms with Gasteiger partial charge in [0.1, 0.15) is 5.78 Å². The van der Waals surface area contributed by atoms with E-state index in [1.807, 2.05) is 30.5 Å². The van der Waals surface area contributed by atoms with Gasteiger partial charge in [0.15, 0.2) is 0 Å². The number of hydrogen-bond donors (Lipinski definition) is 0. The first-order valence-corrected chi connectivity index (χ1v) is 6.67. The fraction of sp³-hybridized carbons (Fsp3) is 0.385. The summed E-state index contributed by atoms with van der Waals surface area (Å²) >= 11 is 1.66. The molecule has 4 heteroatoms. The Morgan fingerprint density at radius 1 is 1.18 bits per heavy atom. The second-order valence-electron chi connectivity index (χ2n) is 3.85. The number of rotatable bonds is 5. The molecule has 3 nitrogen and oxygen atoms in total. The van der Waals surface area contributed by atoms with Crippen molar-refractivity contribution in [3.63, 3.8) is 0 Å². The van der Waals surface area contributed by atoms with Crippen LogP contribution in [0.5, 0.6) is 0 Å². The van der Waals surface area contributed by atoms with E-state index in [0.717, 1.165) is 5.69 Å². The average molecular weight is 251 g/mol. The minimum absolute atomic E-state index is 0.0305. The number of nitrogens with zero attached hydrogens (tertiary/aromatic N) is 1. The zero-order valence-electron chi connectivity index (χ0n) is 10.4. The van der Waals surface area contributed by atoms with Gasteiger partial charge in [-0.25, -0.2) is 0 Å². The first kappa shape index (κ1) is 13.8. The van der Waals surface area contributed by atoms with Crippen molar-refractivity contribution in [2.75, 3.05) is 18.2 Å². The summed E-state index contributed by atoms with van der Waals surface area (Å²) < 4.78 is 0. The summed E-state index contributed by atoms with van der Waals surface area (Å²) in [6, 6.07) is 7.79. The van der Waals surface area contributed by atoms with Gasteiger partial charge in [-0.3, -0.25) is 4.79 Å². The van der Waals surface area contributed by atoms with E-state index in [-0.39, 0.29) is 18.1 Å². The van der Waals surface area contributed by atoms with Crippen molar-refractivity contribution in [2.24, 2.45) is 0 Å². The van der Waals surface area contributed by atoms with Gasteiger partial charge < -0.3 is 9.69 Å². The molecule has 0 atom stereocenters. The van der Waals surface area contributed by atoms with Gasteiger partial charge in [-0.1, -0.05) is 0 Å². The molecule has 0 saturated heterocycles. The Kier molecular flexibility index (Phi) is 5.22. The van der Waals surface area contributed by atoms with Gasteiger partial charge in [-0.15, -0.1) is 11.8 Å². The minimum atomic E-state index is -0.0305. The summed E-state index contributed by atoms with van der Waals surface area (Å²) in [6.45, 7) is 1.50. The zero-order chi connectivity index (χ0) is 12.8. The molecule has 0 aromatic heterocycles. The van der Waals surface area contributed by atoms with Crippen LogP contribution in [0.25, 0.3) is 0 Å². The zero-order valence-corrected chi connectivity index (χ0v) is 11.2. The molecule has 0 fully saturated rings. The fourth-order valence-corrected chi connectivity index (χ4v) is 1.81. The highest BCUT2D eigenvalue weighted by atomic mass is 32.2. The Labute approximate surface area is 106 Å². The lowest BCUT2D eigenvalue weighted by Crippen LogP contribution is -2.26. The van der Waals surface area contributed by atoms with E-state index in [1.165, 1.54) is 11.8 Å². The summed E-state index contributed by atoms with van der Waals surface area (Å²) in [5.41, 5.74) is 0.858. The minimum Gasteiger partial charge on any atom is -0.315 e. The van der Waals surface area contributed by atoms with Crippen molar-refractivity contribution in [3.05, 3.63) is 24.3 Å².